The molecule has 1 saturated carbocycles. The van der Waals surface area contributed by atoms with Crippen molar-refractivity contribution in [1.29, 1.82) is 0 Å². The van der Waals surface area contributed by atoms with E-state index in [0.717, 1.165) is 25.7 Å². The standard InChI is InChI=1S/C19H19FN2O3S2/c20-14-7-5-13(6-8-14)12-22-16-9-10-26-19(16)18(23)17(27(22,24)25)11-21-15-3-1-2-4-15/h5-11,15,21H,1-4,12H2/b17-11-. The first-order chi connectivity index (χ1) is 13.0. The van der Waals surface area contributed by atoms with E-state index in [0.29, 0.717) is 16.1 Å². The van der Waals surface area contributed by atoms with Crippen molar-refractivity contribution < 1.29 is 17.6 Å². The van der Waals surface area contributed by atoms with Gasteiger partial charge >= 0.3 is 0 Å². The van der Waals surface area contributed by atoms with Gasteiger partial charge in [0.25, 0.3) is 10.0 Å². The molecular weight excluding hydrogens is 387 g/mol. The number of halogens is 1. The van der Waals surface area contributed by atoms with Crippen LogP contribution in [0, 0.1) is 5.82 Å². The topological polar surface area (TPSA) is 66.5 Å². The normalized spacial score (nSPS) is 20.9. The molecule has 1 fully saturated rings. The highest BCUT2D eigenvalue weighted by atomic mass is 32.2. The SMILES string of the molecule is O=C1/C(=C/NC2CCCC2)S(=O)(=O)N(Cc2ccc(F)cc2)c2ccsc21. The summed E-state index contributed by atoms with van der Waals surface area (Å²) in [6.45, 7) is 0.0421. The van der Waals surface area contributed by atoms with Gasteiger partial charge in [0.15, 0.2) is 4.91 Å². The fraction of sp³-hybridized carbons (Fsp3) is 0.316. The van der Waals surface area contributed by atoms with Gasteiger partial charge in [0, 0.05) is 12.2 Å². The lowest BCUT2D eigenvalue weighted by Gasteiger charge is -2.29. The Hall–Kier alpha value is -2.19. The number of thiophene rings is 1. The minimum absolute atomic E-state index is 0.0421. The van der Waals surface area contributed by atoms with Gasteiger partial charge in [0.05, 0.1) is 12.2 Å². The van der Waals surface area contributed by atoms with Gasteiger partial charge in [-0.2, -0.15) is 0 Å². The van der Waals surface area contributed by atoms with E-state index in [1.807, 2.05) is 0 Å². The second-order valence-corrected chi connectivity index (χ2v) is 9.51. The van der Waals surface area contributed by atoms with Crippen LogP contribution >= 0.6 is 11.3 Å². The number of anilines is 1. The van der Waals surface area contributed by atoms with Gasteiger partial charge in [-0.05, 0) is 42.0 Å². The third-order valence-electron chi connectivity index (χ3n) is 4.96. The molecule has 2 aromatic rings. The molecule has 1 aliphatic heterocycles. The van der Waals surface area contributed by atoms with E-state index in [4.69, 9.17) is 0 Å². The number of hydrogen-bond donors (Lipinski definition) is 1. The highest BCUT2D eigenvalue weighted by molar-refractivity contribution is 7.97. The van der Waals surface area contributed by atoms with Crippen LogP contribution in [0.1, 0.15) is 40.9 Å². The third-order valence-corrected chi connectivity index (χ3v) is 7.62. The molecule has 27 heavy (non-hydrogen) atoms. The van der Waals surface area contributed by atoms with E-state index in [-0.39, 0.29) is 23.3 Å². The van der Waals surface area contributed by atoms with Crippen molar-refractivity contribution >= 4 is 32.8 Å². The molecule has 0 spiro atoms. The summed E-state index contributed by atoms with van der Waals surface area (Å²) >= 11 is 1.23. The van der Waals surface area contributed by atoms with Crippen LogP contribution in [0.25, 0.3) is 0 Å². The Bertz CT molecular complexity index is 990. The Balaban J connectivity index is 1.71. The second-order valence-electron chi connectivity index (χ2n) is 6.76. The number of hydrogen-bond acceptors (Lipinski definition) is 5. The van der Waals surface area contributed by atoms with E-state index in [2.05, 4.69) is 5.32 Å². The molecule has 1 aliphatic carbocycles. The number of sulfonamides is 1. The largest absolute Gasteiger partial charge is 0.387 e. The summed E-state index contributed by atoms with van der Waals surface area (Å²) in [7, 11) is -4.00. The molecule has 8 heteroatoms. The first-order valence-corrected chi connectivity index (χ1v) is 11.1. The minimum atomic E-state index is -4.00. The van der Waals surface area contributed by atoms with Gasteiger partial charge in [-0.3, -0.25) is 9.10 Å². The van der Waals surface area contributed by atoms with Crippen LogP contribution in [0.4, 0.5) is 10.1 Å². The lowest BCUT2D eigenvalue weighted by Crippen LogP contribution is -2.39. The summed E-state index contributed by atoms with van der Waals surface area (Å²) in [5.74, 6) is -0.853. The number of rotatable bonds is 4. The van der Waals surface area contributed by atoms with Crippen molar-refractivity contribution in [3.05, 3.63) is 63.1 Å². The smallest absolute Gasteiger partial charge is 0.270 e. The van der Waals surface area contributed by atoms with Gasteiger partial charge < -0.3 is 5.32 Å². The first-order valence-electron chi connectivity index (χ1n) is 8.82. The predicted molar refractivity (Wildman–Crippen MR) is 104 cm³/mol. The zero-order chi connectivity index (χ0) is 19.0. The molecule has 2 heterocycles. The number of nitrogens with one attached hydrogen (secondary N) is 1. The van der Waals surface area contributed by atoms with Gasteiger partial charge in [0.1, 0.15) is 10.7 Å². The van der Waals surface area contributed by atoms with Crippen LogP contribution in [-0.2, 0) is 16.6 Å². The Morgan fingerprint density at radius 2 is 1.89 bits per heavy atom. The maximum Gasteiger partial charge on any atom is 0.270 e. The van der Waals surface area contributed by atoms with Crippen molar-refractivity contribution in [3.63, 3.8) is 0 Å². The number of allylic oxidation sites excluding steroid dienone is 1. The Morgan fingerprint density at radius 1 is 1.19 bits per heavy atom. The van der Waals surface area contributed by atoms with Gasteiger partial charge in [-0.15, -0.1) is 11.3 Å². The summed E-state index contributed by atoms with van der Waals surface area (Å²) in [5, 5.41) is 4.83. The Kier molecular flexibility index (Phi) is 4.77. The molecule has 0 unspecified atom stereocenters. The summed E-state index contributed by atoms with van der Waals surface area (Å²) < 4.78 is 40.8. The highest BCUT2D eigenvalue weighted by Crippen LogP contribution is 2.39. The van der Waals surface area contributed by atoms with Crippen molar-refractivity contribution in [2.45, 2.75) is 38.3 Å². The van der Waals surface area contributed by atoms with Gasteiger partial charge in [0.2, 0.25) is 5.78 Å². The quantitative estimate of drug-likeness (QED) is 0.785. The zero-order valence-corrected chi connectivity index (χ0v) is 16.2. The van der Waals surface area contributed by atoms with Crippen molar-refractivity contribution in [1.82, 2.24) is 5.32 Å². The summed E-state index contributed by atoms with van der Waals surface area (Å²) in [5.41, 5.74) is 1.03. The summed E-state index contributed by atoms with van der Waals surface area (Å²) in [6, 6.07) is 7.53. The number of ketones is 1. The zero-order valence-electron chi connectivity index (χ0n) is 14.5. The van der Waals surface area contributed by atoms with Crippen LogP contribution in [-0.4, -0.2) is 20.2 Å². The number of fused-ring (bicyclic) bond motifs is 1. The number of benzene rings is 1. The highest BCUT2D eigenvalue weighted by Gasteiger charge is 2.41. The summed E-state index contributed by atoms with van der Waals surface area (Å²) in [4.78, 5) is 13.0. The lowest BCUT2D eigenvalue weighted by atomic mass is 10.2. The molecule has 1 aromatic carbocycles. The van der Waals surface area contributed by atoms with Crippen LogP contribution in [0.15, 0.2) is 46.8 Å². The molecule has 4 rings (SSSR count). The van der Waals surface area contributed by atoms with Gasteiger partial charge in [-0.25, -0.2) is 12.8 Å². The van der Waals surface area contributed by atoms with E-state index in [1.54, 1.807) is 23.6 Å². The van der Waals surface area contributed by atoms with E-state index >= 15 is 0 Å². The molecule has 0 atom stereocenters. The third kappa shape index (κ3) is 3.39. The average Bonchev–Trinajstić information content (AvgIpc) is 3.32. The second kappa shape index (κ2) is 7.09. The Morgan fingerprint density at radius 3 is 2.59 bits per heavy atom. The molecule has 142 valence electrons. The molecule has 0 amide bonds. The molecule has 0 saturated heterocycles. The molecule has 0 bridgehead atoms. The maximum atomic E-state index is 13.2. The van der Waals surface area contributed by atoms with Crippen LogP contribution in [0.5, 0.6) is 0 Å². The Labute approximate surface area is 161 Å². The monoisotopic (exact) mass is 406 g/mol. The van der Waals surface area contributed by atoms with Crippen molar-refractivity contribution in [3.8, 4) is 0 Å². The fourth-order valence-corrected chi connectivity index (χ4v) is 5.99. The van der Waals surface area contributed by atoms with Crippen LogP contribution in [0.2, 0.25) is 0 Å². The average molecular weight is 407 g/mol. The fourth-order valence-electron chi connectivity index (χ4n) is 3.50. The summed E-state index contributed by atoms with van der Waals surface area (Å²) in [6.07, 6.45) is 5.53. The van der Waals surface area contributed by atoms with Crippen LogP contribution in [0.3, 0.4) is 0 Å². The van der Waals surface area contributed by atoms with E-state index < -0.39 is 15.8 Å². The molecule has 1 aromatic heterocycles. The lowest BCUT2D eigenvalue weighted by molar-refractivity contribution is 0.104. The van der Waals surface area contributed by atoms with Crippen molar-refractivity contribution in [2.24, 2.45) is 0 Å². The van der Waals surface area contributed by atoms with Gasteiger partial charge in [-0.1, -0.05) is 25.0 Å². The number of carbonyl (C=O) groups is 1. The minimum Gasteiger partial charge on any atom is -0.387 e. The molecule has 1 N–H and O–H groups in total. The van der Waals surface area contributed by atoms with Crippen molar-refractivity contribution in [2.75, 3.05) is 4.31 Å². The molecule has 2 aliphatic rings. The van der Waals surface area contributed by atoms with E-state index in [1.165, 1.54) is 34.0 Å². The molecule has 5 nitrogen and oxygen atoms in total. The predicted octanol–water partition coefficient (Wildman–Crippen LogP) is 3.79. The maximum absolute atomic E-state index is 13.2. The van der Waals surface area contributed by atoms with Crippen LogP contribution < -0.4 is 9.62 Å². The first kappa shape index (κ1) is 18.2. The number of Topliss-reactive ketones (excluding diaryl/α,β-unsaturated/α-hetero) is 1. The van der Waals surface area contributed by atoms with E-state index in [9.17, 15) is 17.6 Å². The number of nitrogens with zero attached hydrogens (tertiary/aromatic N) is 1. The molecule has 0 radical (unpaired) electrons. The number of carbonyl (C=O) groups excluding carboxylic acids is 1. The molecular formula is C19H19FN2O3S2.